The number of rotatable bonds is 5. The Morgan fingerprint density at radius 3 is 2.96 bits per heavy atom. The molecule has 4 rings (SSSR count). The molecular weight excluding hydrogens is 310 g/mol. The summed E-state index contributed by atoms with van der Waals surface area (Å²) in [7, 11) is 1.62. The number of methoxy groups -OCH3 is 1. The van der Waals surface area contributed by atoms with Crippen LogP contribution in [-0.4, -0.2) is 24.0 Å². The maximum atomic E-state index is 5.36. The van der Waals surface area contributed by atoms with Gasteiger partial charge in [0.1, 0.15) is 5.75 Å². The van der Waals surface area contributed by atoms with Gasteiger partial charge in [0.15, 0.2) is 11.5 Å². The van der Waals surface area contributed by atoms with E-state index >= 15 is 0 Å². The van der Waals surface area contributed by atoms with Gasteiger partial charge >= 0.3 is 6.01 Å². The summed E-state index contributed by atoms with van der Waals surface area (Å²) < 4.78 is 21.1. The van der Waals surface area contributed by atoms with E-state index in [-0.39, 0.29) is 6.79 Å². The smallest absolute Gasteiger partial charge is 0.322 e. The SMILES string of the molecule is COc1cccc(-c2noc(NCc3ccc4c(c3)OCO4)n2)c1. The Hall–Kier alpha value is -3.22. The summed E-state index contributed by atoms with van der Waals surface area (Å²) in [5, 5.41) is 7.09. The average Bonchev–Trinajstić information content (AvgIpc) is 3.28. The van der Waals surface area contributed by atoms with E-state index in [9.17, 15) is 0 Å². The molecule has 7 heteroatoms. The fourth-order valence-corrected chi connectivity index (χ4v) is 2.40. The van der Waals surface area contributed by atoms with Crippen LogP contribution in [0.15, 0.2) is 47.0 Å². The van der Waals surface area contributed by atoms with E-state index in [1.807, 2.05) is 42.5 Å². The van der Waals surface area contributed by atoms with Gasteiger partial charge in [0.2, 0.25) is 12.6 Å². The van der Waals surface area contributed by atoms with E-state index in [2.05, 4.69) is 15.5 Å². The highest BCUT2D eigenvalue weighted by Gasteiger charge is 2.14. The third-order valence-corrected chi connectivity index (χ3v) is 3.63. The number of hydrogen-bond acceptors (Lipinski definition) is 7. The van der Waals surface area contributed by atoms with Crippen molar-refractivity contribution in [3.8, 4) is 28.6 Å². The Morgan fingerprint density at radius 1 is 1.12 bits per heavy atom. The molecular formula is C17H15N3O4. The second-order valence-electron chi connectivity index (χ2n) is 5.20. The lowest BCUT2D eigenvalue weighted by atomic mass is 10.2. The van der Waals surface area contributed by atoms with Gasteiger partial charge in [-0.3, -0.25) is 0 Å². The van der Waals surface area contributed by atoms with Gasteiger partial charge in [-0.15, -0.1) is 0 Å². The summed E-state index contributed by atoms with van der Waals surface area (Å²) in [6.07, 6.45) is 0. The highest BCUT2D eigenvalue weighted by molar-refractivity contribution is 5.58. The van der Waals surface area contributed by atoms with Crippen molar-refractivity contribution in [2.45, 2.75) is 6.54 Å². The first-order chi connectivity index (χ1) is 11.8. The Bertz CT molecular complexity index is 863. The van der Waals surface area contributed by atoms with E-state index < -0.39 is 0 Å². The predicted molar refractivity (Wildman–Crippen MR) is 86.2 cm³/mol. The first-order valence-corrected chi connectivity index (χ1v) is 7.42. The predicted octanol–water partition coefficient (Wildman–Crippen LogP) is 3.09. The topological polar surface area (TPSA) is 78.6 Å². The van der Waals surface area contributed by atoms with Crippen LogP contribution in [0.3, 0.4) is 0 Å². The highest BCUT2D eigenvalue weighted by atomic mass is 16.7. The van der Waals surface area contributed by atoms with Crippen LogP contribution in [0, 0.1) is 0 Å². The van der Waals surface area contributed by atoms with E-state index in [1.54, 1.807) is 7.11 Å². The fourth-order valence-electron chi connectivity index (χ4n) is 2.40. The summed E-state index contributed by atoms with van der Waals surface area (Å²) in [6.45, 7) is 0.802. The van der Waals surface area contributed by atoms with E-state index in [4.69, 9.17) is 18.7 Å². The molecule has 0 fully saturated rings. The lowest BCUT2D eigenvalue weighted by Crippen LogP contribution is -1.99. The van der Waals surface area contributed by atoms with Gasteiger partial charge in [-0.1, -0.05) is 23.4 Å². The van der Waals surface area contributed by atoms with Gasteiger partial charge in [-0.2, -0.15) is 4.98 Å². The number of nitrogens with zero attached hydrogens (tertiary/aromatic N) is 2. The minimum atomic E-state index is 0.264. The summed E-state index contributed by atoms with van der Waals surface area (Å²) in [6, 6.07) is 13.6. The van der Waals surface area contributed by atoms with Crippen LogP contribution < -0.4 is 19.5 Å². The van der Waals surface area contributed by atoms with E-state index in [1.165, 1.54) is 0 Å². The molecule has 1 N–H and O–H groups in total. The molecule has 1 aromatic heterocycles. The van der Waals surface area contributed by atoms with Crippen molar-refractivity contribution in [1.82, 2.24) is 10.1 Å². The van der Waals surface area contributed by atoms with Crippen LogP contribution in [0.25, 0.3) is 11.4 Å². The molecule has 0 bridgehead atoms. The molecule has 0 aliphatic carbocycles. The number of nitrogens with one attached hydrogen (secondary N) is 1. The molecule has 0 atom stereocenters. The van der Waals surface area contributed by atoms with Crippen molar-refractivity contribution < 1.29 is 18.7 Å². The quantitative estimate of drug-likeness (QED) is 0.772. The molecule has 1 aliphatic heterocycles. The molecule has 0 saturated heterocycles. The first kappa shape index (κ1) is 14.4. The Labute approximate surface area is 138 Å². The Morgan fingerprint density at radius 2 is 2.04 bits per heavy atom. The van der Waals surface area contributed by atoms with Crippen molar-refractivity contribution in [1.29, 1.82) is 0 Å². The zero-order valence-electron chi connectivity index (χ0n) is 13.0. The molecule has 3 aromatic rings. The van der Waals surface area contributed by atoms with Crippen LogP contribution in [0.2, 0.25) is 0 Å². The first-order valence-electron chi connectivity index (χ1n) is 7.42. The molecule has 2 heterocycles. The van der Waals surface area contributed by atoms with Crippen molar-refractivity contribution in [3.63, 3.8) is 0 Å². The molecule has 0 unspecified atom stereocenters. The minimum Gasteiger partial charge on any atom is -0.497 e. The standard InChI is InChI=1S/C17H15N3O4/c1-21-13-4-2-3-12(8-13)16-19-17(24-20-16)18-9-11-5-6-14-15(7-11)23-10-22-14/h2-8H,9-10H2,1H3,(H,18,19,20). The van der Waals surface area contributed by atoms with Gasteiger partial charge in [0.05, 0.1) is 7.11 Å². The van der Waals surface area contributed by atoms with Crippen LogP contribution in [0.4, 0.5) is 6.01 Å². The number of ether oxygens (including phenoxy) is 3. The molecule has 2 aromatic carbocycles. The van der Waals surface area contributed by atoms with Crippen LogP contribution in [0.5, 0.6) is 17.2 Å². The molecule has 1 aliphatic rings. The zero-order chi connectivity index (χ0) is 16.4. The molecule has 122 valence electrons. The normalized spacial score (nSPS) is 12.2. The molecule has 24 heavy (non-hydrogen) atoms. The maximum Gasteiger partial charge on any atom is 0.322 e. The van der Waals surface area contributed by atoms with Crippen LogP contribution in [-0.2, 0) is 6.54 Å². The Kier molecular flexibility index (Phi) is 3.66. The minimum absolute atomic E-state index is 0.264. The largest absolute Gasteiger partial charge is 0.497 e. The molecule has 7 nitrogen and oxygen atoms in total. The van der Waals surface area contributed by atoms with Gasteiger partial charge in [-0.25, -0.2) is 0 Å². The van der Waals surface area contributed by atoms with Gasteiger partial charge in [0.25, 0.3) is 0 Å². The lowest BCUT2D eigenvalue weighted by Gasteiger charge is -2.03. The third kappa shape index (κ3) is 2.83. The summed E-state index contributed by atoms with van der Waals surface area (Å²) >= 11 is 0. The summed E-state index contributed by atoms with van der Waals surface area (Å²) in [4.78, 5) is 4.34. The summed E-state index contributed by atoms with van der Waals surface area (Å²) in [5.41, 5.74) is 1.86. The van der Waals surface area contributed by atoms with E-state index in [0.29, 0.717) is 18.4 Å². The van der Waals surface area contributed by atoms with Gasteiger partial charge < -0.3 is 24.1 Å². The number of anilines is 1. The highest BCUT2D eigenvalue weighted by Crippen LogP contribution is 2.32. The maximum absolute atomic E-state index is 5.36. The van der Waals surface area contributed by atoms with Crippen molar-refractivity contribution in [2.24, 2.45) is 0 Å². The molecule has 0 radical (unpaired) electrons. The van der Waals surface area contributed by atoms with Crippen LogP contribution >= 0.6 is 0 Å². The Balaban J connectivity index is 1.45. The fraction of sp³-hybridized carbons (Fsp3) is 0.176. The van der Waals surface area contributed by atoms with Gasteiger partial charge in [0, 0.05) is 12.1 Å². The second-order valence-corrected chi connectivity index (χ2v) is 5.20. The second kappa shape index (κ2) is 6.11. The number of benzene rings is 2. The van der Waals surface area contributed by atoms with Crippen molar-refractivity contribution >= 4 is 6.01 Å². The third-order valence-electron chi connectivity index (χ3n) is 3.63. The van der Waals surface area contributed by atoms with Gasteiger partial charge in [-0.05, 0) is 29.8 Å². The van der Waals surface area contributed by atoms with Crippen molar-refractivity contribution in [3.05, 3.63) is 48.0 Å². The molecule has 0 amide bonds. The van der Waals surface area contributed by atoms with Crippen LogP contribution in [0.1, 0.15) is 5.56 Å². The summed E-state index contributed by atoms with van der Waals surface area (Å²) in [5.74, 6) is 2.75. The number of aromatic nitrogens is 2. The lowest BCUT2D eigenvalue weighted by molar-refractivity contribution is 0.174. The molecule has 0 spiro atoms. The van der Waals surface area contributed by atoms with Crippen molar-refractivity contribution in [2.75, 3.05) is 19.2 Å². The number of hydrogen-bond donors (Lipinski definition) is 1. The number of fused-ring (bicyclic) bond motifs is 1. The van der Waals surface area contributed by atoms with E-state index in [0.717, 1.165) is 28.4 Å². The molecule has 0 saturated carbocycles. The zero-order valence-corrected chi connectivity index (χ0v) is 13.0. The monoisotopic (exact) mass is 325 g/mol. The average molecular weight is 325 g/mol.